The van der Waals surface area contributed by atoms with Gasteiger partial charge in [0.1, 0.15) is 5.76 Å². The molecule has 0 unspecified atom stereocenters. The van der Waals surface area contributed by atoms with Crippen LogP contribution in [0.1, 0.15) is 44.8 Å². The summed E-state index contributed by atoms with van der Waals surface area (Å²) in [5.74, 6) is 2.02. The van der Waals surface area contributed by atoms with Crippen molar-refractivity contribution >= 4 is 0 Å². The number of rotatable bonds is 4. The summed E-state index contributed by atoms with van der Waals surface area (Å²) in [6, 6.07) is 4.04. The van der Waals surface area contributed by atoms with E-state index in [-0.39, 0.29) is 0 Å². The van der Waals surface area contributed by atoms with Gasteiger partial charge in [0.25, 0.3) is 0 Å². The van der Waals surface area contributed by atoms with Crippen molar-refractivity contribution in [1.82, 2.24) is 0 Å². The van der Waals surface area contributed by atoms with Crippen LogP contribution in [0.2, 0.25) is 0 Å². The standard InChI is InChI=1S/C14H23NO/c1-2-12-5-7-14(11-15,8-6-12)10-13-4-3-9-16-13/h3-4,9,12H,2,5-8,10-11,15H2,1H3. The number of hydrogen-bond acceptors (Lipinski definition) is 2. The molecule has 0 aliphatic heterocycles. The third-order valence-corrected chi connectivity index (χ3v) is 4.31. The lowest BCUT2D eigenvalue weighted by atomic mass is 9.68. The van der Waals surface area contributed by atoms with E-state index in [1.165, 1.54) is 32.1 Å². The average molecular weight is 221 g/mol. The minimum Gasteiger partial charge on any atom is -0.469 e. The molecule has 2 N–H and O–H groups in total. The topological polar surface area (TPSA) is 39.2 Å². The van der Waals surface area contributed by atoms with Crippen LogP contribution in [0, 0.1) is 11.3 Å². The van der Waals surface area contributed by atoms with Gasteiger partial charge in [-0.3, -0.25) is 0 Å². The van der Waals surface area contributed by atoms with E-state index < -0.39 is 0 Å². The summed E-state index contributed by atoms with van der Waals surface area (Å²) in [5, 5.41) is 0. The first-order valence-corrected chi connectivity index (χ1v) is 6.50. The molecule has 90 valence electrons. The SMILES string of the molecule is CCC1CCC(CN)(Cc2ccco2)CC1. The predicted octanol–water partition coefficient (Wildman–Crippen LogP) is 3.37. The van der Waals surface area contributed by atoms with Gasteiger partial charge >= 0.3 is 0 Å². The van der Waals surface area contributed by atoms with Crippen LogP contribution in [-0.2, 0) is 6.42 Å². The monoisotopic (exact) mass is 221 g/mol. The summed E-state index contributed by atoms with van der Waals surface area (Å²) in [6.07, 6.45) is 9.32. The molecule has 2 rings (SSSR count). The normalized spacial score (nSPS) is 30.5. The van der Waals surface area contributed by atoms with Gasteiger partial charge in [-0.05, 0) is 55.7 Å². The van der Waals surface area contributed by atoms with Gasteiger partial charge in [0, 0.05) is 6.42 Å². The molecule has 0 amide bonds. The zero-order valence-electron chi connectivity index (χ0n) is 10.2. The van der Waals surface area contributed by atoms with Gasteiger partial charge in [0.2, 0.25) is 0 Å². The Balaban J connectivity index is 1.98. The van der Waals surface area contributed by atoms with E-state index in [9.17, 15) is 0 Å². The first kappa shape index (κ1) is 11.7. The predicted molar refractivity (Wildman–Crippen MR) is 66.1 cm³/mol. The highest BCUT2D eigenvalue weighted by Crippen LogP contribution is 2.41. The molecular formula is C14H23NO. The van der Waals surface area contributed by atoms with E-state index in [0.717, 1.165) is 24.6 Å². The highest BCUT2D eigenvalue weighted by Gasteiger charge is 2.34. The largest absolute Gasteiger partial charge is 0.469 e. The van der Waals surface area contributed by atoms with E-state index >= 15 is 0 Å². The summed E-state index contributed by atoms with van der Waals surface area (Å²) in [4.78, 5) is 0. The summed E-state index contributed by atoms with van der Waals surface area (Å²) in [6.45, 7) is 3.09. The molecule has 0 saturated heterocycles. The lowest BCUT2D eigenvalue weighted by molar-refractivity contribution is 0.146. The Bertz CT molecular complexity index is 297. The fourth-order valence-electron chi connectivity index (χ4n) is 2.93. The van der Waals surface area contributed by atoms with E-state index in [4.69, 9.17) is 10.2 Å². The molecule has 1 aromatic rings. The van der Waals surface area contributed by atoms with Crippen molar-refractivity contribution in [3.63, 3.8) is 0 Å². The minimum absolute atomic E-state index is 0.309. The van der Waals surface area contributed by atoms with Crippen LogP contribution < -0.4 is 5.73 Å². The third-order valence-electron chi connectivity index (χ3n) is 4.31. The smallest absolute Gasteiger partial charge is 0.104 e. The summed E-state index contributed by atoms with van der Waals surface area (Å²) < 4.78 is 5.46. The van der Waals surface area contributed by atoms with Gasteiger partial charge in [-0.25, -0.2) is 0 Å². The molecule has 16 heavy (non-hydrogen) atoms. The second-order valence-corrected chi connectivity index (χ2v) is 5.31. The van der Waals surface area contributed by atoms with Crippen molar-refractivity contribution < 1.29 is 4.42 Å². The molecule has 1 aliphatic carbocycles. The fraction of sp³-hybridized carbons (Fsp3) is 0.714. The molecule has 0 spiro atoms. The maximum absolute atomic E-state index is 6.00. The average Bonchev–Trinajstić information content (AvgIpc) is 2.83. The summed E-state index contributed by atoms with van der Waals surface area (Å²) >= 11 is 0. The molecular weight excluding hydrogens is 198 g/mol. The highest BCUT2D eigenvalue weighted by molar-refractivity contribution is 5.03. The van der Waals surface area contributed by atoms with Crippen molar-refractivity contribution in [1.29, 1.82) is 0 Å². The quantitative estimate of drug-likeness (QED) is 0.846. The van der Waals surface area contributed by atoms with Crippen molar-refractivity contribution in [2.45, 2.75) is 45.4 Å². The summed E-state index contributed by atoms with van der Waals surface area (Å²) in [5.41, 5.74) is 6.31. The number of hydrogen-bond donors (Lipinski definition) is 1. The zero-order valence-corrected chi connectivity index (χ0v) is 10.2. The highest BCUT2D eigenvalue weighted by atomic mass is 16.3. The van der Waals surface area contributed by atoms with Gasteiger partial charge in [0.05, 0.1) is 6.26 Å². The zero-order chi connectivity index (χ0) is 11.4. The van der Waals surface area contributed by atoms with Gasteiger partial charge in [0.15, 0.2) is 0 Å². The Kier molecular flexibility index (Phi) is 3.70. The van der Waals surface area contributed by atoms with Crippen LogP contribution >= 0.6 is 0 Å². The second kappa shape index (κ2) is 5.05. The molecule has 0 bridgehead atoms. The molecule has 1 fully saturated rings. The molecule has 2 nitrogen and oxygen atoms in total. The molecule has 0 radical (unpaired) electrons. The van der Waals surface area contributed by atoms with Gasteiger partial charge in [-0.2, -0.15) is 0 Å². The maximum Gasteiger partial charge on any atom is 0.104 e. The third kappa shape index (κ3) is 2.49. The number of furan rings is 1. The van der Waals surface area contributed by atoms with Gasteiger partial charge < -0.3 is 10.2 Å². The lowest BCUT2D eigenvalue weighted by Gasteiger charge is -2.38. The first-order valence-electron chi connectivity index (χ1n) is 6.50. The van der Waals surface area contributed by atoms with Crippen molar-refractivity contribution in [3.8, 4) is 0 Å². The van der Waals surface area contributed by atoms with Crippen LogP contribution in [0.3, 0.4) is 0 Å². The molecule has 1 aliphatic rings. The van der Waals surface area contributed by atoms with Crippen LogP contribution in [0.25, 0.3) is 0 Å². The van der Waals surface area contributed by atoms with E-state index in [1.807, 2.05) is 6.07 Å². The van der Waals surface area contributed by atoms with E-state index in [1.54, 1.807) is 6.26 Å². The Hall–Kier alpha value is -0.760. The van der Waals surface area contributed by atoms with Crippen molar-refractivity contribution in [3.05, 3.63) is 24.2 Å². The van der Waals surface area contributed by atoms with Crippen molar-refractivity contribution in [2.75, 3.05) is 6.54 Å². The Morgan fingerprint density at radius 2 is 2.19 bits per heavy atom. The summed E-state index contributed by atoms with van der Waals surface area (Å²) in [7, 11) is 0. The van der Waals surface area contributed by atoms with Crippen molar-refractivity contribution in [2.24, 2.45) is 17.1 Å². The molecule has 1 saturated carbocycles. The molecule has 1 heterocycles. The maximum atomic E-state index is 6.00. The Morgan fingerprint density at radius 1 is 1.44 bits per heavy atom. The first-order chi connectivity index (χ1) is 7.78. The second-order valence-electron chi connectivity index (χ2n) is 5.31. The molecule has 0 aromatic carbocycles. The van der Waals surface area contributed by atoms with Gasteiger partial charge in [-0.15, -0.1) is 0 Å². The molecule has 1 aromatic heterocycles. The Morgan fingerprint density at radius 3 is 2.69 bits per heavy atom. The lowest BCUT2D eigenvalue weighted by Crippen LogP contribution is -2.36. The molecule has 2 heteroatoms. The van der Waals surface area contributed by atoms with Gasteiger partial charge in [-0.1, -0.05) is 13.3 Å². The van der Waals surface area contributed by atoms with Crippen LogP contribution in [0.5, 0.6) is 0 Å². The van der Waals surface area contributed by atoms with Crippen LogP contribution in [-0.4, -0.2) is 6.54 Å². The fourth-order valence-corrected chi connectivity index (χ4v) is 2.93. The Labute approximate surface area is 98.2 Å². The van der Waals surface area contributed by atoms with E-state index in [2.05, 4.69) is 13.0 Å². The van der Waals surface area contributed by atoms with Crippen LogP contribution in [0.4, 0.5) is 0 Å². The number of nitrogens with two attached hydrogens (primary N) is 1. The minimum atomic E-state index is 0.309. The van der Waals surface area contributed by atoms with E-state index in [0.29, 0.717) is 5.41 Å². The van der Waals surface area contributed by atoms with Crippen LogP contribution in [0.15, 0.2) is 22.8 Å². The molecule has 0 atom stereocenters.